The van der Waals surface area contributed by atoms with Crippen molar-refractivity contribution in [1.29, 1.82) is 0 Å². The van der Waals surface area contributed by atoms with Crippen molar-refractivity contribution in [3.8, 4) is 0 Å². The van der Waals surface area contributed by atoms with E-state index >= 15 is 0 Å². The number of nitrogens with zero attached hydrogens (tertiary/aromatic N) is 1. The van der Waals surface area contributed by atoms with E-state index < -0.39 is 0 Å². The van der Waals surface area contributed by atoms with Crippen molar-refractivity contribution in [2.24, 2.45) is 0 Å². The van der Waals surface area contributed by atoms with Gasteiger partial charge in [-0.3, -0.25) is 4.98 Å². The van der Waals surface area contributed by atoms with Crippen LogP contribution in [0.15, 0.2) is 18.3 Å². The lowest BCUT2D eigenvalue weighted by molar-refractivity contribution is 0.201. The summed E-state index contributed by atoms with van der Waals surface area (Å²) in [6.45, 7) is 5.09. The Morgan fingerprint density at radius 2 is 2.15 bits per heavy atom. The van der Waals surface area contributed by atoms with Gasteiger partial charge in [-0.1, -0.05) is 19.9 Å². The number of aromatic nitrogens is 1. The van der Waals surface area contributed by atoms with Crippen LogP contribution in [0.5, 0.6) is 0 Å². The van der Waals surface area contributed by atoms with Gasteiger partial charge < -0.3 is 4.74 Å². The Bertz CT molecular complexity index is 241. The zero-order chi connectivity index (χ0) is 9.68. The van der Waals surface area contributed by atoms with E-state index in [4.69, 9.17) is 4.74 Å². The third-order valence-electron chi connectivity index (χ3n) is 2.08. The molecule has 0 aromatic carbocycles. The lowest BCUT2D eigenvalue weighted by atomic mass is 10.1. The first-order valence-corrected chi connectivity index (χ1v) is 4.68. The molecule has 0 fully saturated rings. The molecule has 0 aliphatic carbocycles. The van der Waals surface area contributed by atoms with Gasteiger partial charge in [-0.15, -0.1) is 0 Å². The molecule has 13 heavy (non-hydrogen) atoms. The number of rotatable bonds is 4. The summed E-state index contributed by atoms with van der Waals surface area (Å²) in [4.78, 5) is 4.36. The van der Waals surface area contributed by atoms with Crippen molar-refractivity contribution < 1.29 is 4.74 Å². The maximum atomic E-state index is 4.98. The van der Waals surface area contributed by atoms with E-state index in [2.05, 4.69) is 31.0 Å². The van der Waals surface area contributed by atoms with Crippen LogP contribution < -0.4 is 0 Å². The van der Waals surface area contributed by atoms with Gasteiger partial charge in [-0.05, 0) is 17.5 Å². The second-order valence-corrected chi connectivity index (χ2v) is 3.48. The van der Waals surface area contributed by atoms with Gasteiger partial charge in [0.05, 0.1) is 6.61 Å². The van der Waals surface area contributed by atoms with Gasteiger partial charge in [0.15, 0.2) is 0 Å². The Labute approximate surface area is 80.0 Å². The minimum atomic E-state index is 0.559. The summed E-state index contributed by atoms with van der Waals surface area (Å²) in [6.07, 6.45) is 2.85. The van der Waals surface area contributed by atoms with E-state index in [0.29, 0.717) is 5.92 Å². The summed E-state index contributed by atoms with van der Waals surface area (Å²) in [6, 6.07) is 4.22. The number of ether oxygens (including phenoxy) is 1. The van der Waals surface area contributed by atoms with Crippen LogP contribution in [0.4, 0.5) is 0 Å². The van der Waals surface area contributed by atoms with Crippen LogP contribution >= 0.6 is 0 Å². The van der Waals surface area contributed by atoms with E-state index in [1.165, 1.54) is 5.56 Å². The second kappa shape index (κ2) is 4.97. The van der Waals surface area contributed by atoms with Crippen LogP contribution in [-0.2, 0) is 11.2 Å². The molecule has 0 unspecified atom stereocenters. The Morgan fingerprint density at radius 1 is 1.38 bits per heavy atom. The van der Waals surface area contributed by atoms with Gasteiger partial charge in [-0.25, -0.2) is 0 Å². The SMILES string of the molecule is COCCc1ccc(C(C)C)cn1. The van der Waals surface area contributed by atoms with Crippen LogP contribution in [0.2, 0.25) is 0 Å². The summed E-state index contributed by atoms with van der Waals surface area (Å²) in [5.74, 6) is 0.559. The highest BCUT2D eigenvalue weighted by atomic mass is 16.5. The topological polar surface area (TPSA) is 22.1 Å². The largest absolute Gasteiger partial charge is 0.384 e. The van der Waals surface area contributed by atoms with Crippen LogP contribution in [0.1, 0.15) is 31.0 Å². The third-order valence-corrected chi connectivity index (χ3v) is 2.08. The molecule has 2 heteroatoms. The summed E-state index contributed by atoms with van der Waals surface area (Å²) in [5.41, 5.74) is 2.40. The van der Waals surface area contributed by atoms with Crippen LogP contribution in [0.3, 0.4) is 0 Å². The van der Waals surface area contributed by atoms with Crippen molar-refractivity contribution in [1.82, 2.24) is 4.98 Å². The molecule has 0 amide bonds. The molecule has 1 rings (SSSR count). The third kappa shape index (κ3) is 3.15. The fraction of sp³-hybridized carbons (Fsp3) is 0.545. The Balaban J connectivity index is 2.59. The lowest BCUT2D eigenvalue weighted by Gasteiger charge is -2.05. The van der Waals surface area contributed by atoms with Crippen molar-refractivity contribution >= 4 is 0 Å². The van der Waals surface area contributed by atoms with E-state index in [-0.39, 0.29) is 0 Å². The highest BCUT2D eigenvalue weighted by Crippen LogP contribution is 2.12. The van der Waals surface area contributed by atoms with Crippen LogP contribution in [-0.4, -0.2) is 18.7 Å². The molecule has 0 radical (unpaired) electrons. The molecule has 0 aliphatic heterocycles. The minimum Gasteiger partial charge on any atom is -0.384 e. The molecule has 0 bridgehead atoms. The molecular weight excluding hydrogens is 162 g/mol. The van der Waals surface area contributed by atoms with Crippen LogP contribution in [0, 0.1) is 0 Å². The first-order valence-electron chi connectivity index (χ1n) is 4.68. The molecule has 0 saturated carbocycles. The molecule has 1 aromatic heterocycles. The molecule has 0 atom stereocenters. The van der Waals surface area contributed by atoms with Gasteiger partial charge in [0.25, 0.3) is 0 Å². The monoisotopic (exact) mass is 179 g/mol. The molecule has 1 aromatic rings. The van der Waals surface area contributed by atoms with Gasteiger partial charge >= 0.3 is 0 Å². The van der Waals surface area contributed by atoms with E-state index in [0.717, 1.165) is 18.7 Å². The normalized spacial score (nSPS) is 10.8. The van der Waals surface area contributed by atoms with Crippen molar-refractivity contribution in [2.45, 2.75) is 26.2 Å². The molecule has 0 saturated heterocycles. The second-order valence-electron chi connectivity index (χ2n) is 3.48. The van der Waals surface area contributed by atoms with Crippen LogP contribution in [0.25, 0.3) is 0 Å². The summed E-state index contributed by atoms with van der Waals surface area (Å²) in [7, 11) is 1.71. The fourth-order valence-corrected chi connectivity index (χ4v) is 1.13. The molecule has 0 aliphatic rings. The number of pyridine rings is 1. The average molecular weight is 179 g/mol. The predicted octanol–water partition coefficient (Wildman–Crippen LogP) is 2.39. The number of methoxy groups -OCH3 is 1. The Morgan fingerprint density at radius 3 is 2.62 bits per heavy atom. The molecule has 2 nitrogen and oxygen atoms in total. The average Bonchev–Trinajstić information content (AvgIpc) is 2.15. The van der Waals surface area contributed by atoms with Crippen molar-refractivity contribution in [3.63, 3.8) is 0 Å². The standard InChI is InChI=1S/C11H17NO/c1-9(2)10-4-5-11(12-8-10)6-7-13-3/h4-5,8-9H,6-7H2,1-3H3. The molecular formula is C11H17NO. The smallest absolute Gasteiger partial charge is 0.0517 e. The van der Waals surface area contributed by atoms with E-state index in [9.17, 15) is 0 Å². The summed E-state index contributed by atoms with van der Waals surface area (Å²) in [5, 5.41) is 0. The summed E-state index contributed by atoms with van der Waals surface area (Å²) >= 11 is 0. The maximum Gasteiger partial charge on any atom is 0.0517 e. The Kier molecular flexibility index (Phi) is 3.90. The predicted molar refractivity (Wildman–Crippen MR) is 53.9 cm³/mol. The molecule has 0 spiro atoms. The van der Waals surface area contributed by atoms with E-state index in [1.807, 2.05) is 6.20 Å². The molecule has 0 N–H and O–H groups in total. The molecule has 72 valence electrons. The summed E-state index contributed by atoms with van der Waals surface area (Å²) < 4.78 is 4.98. The quantitative estimate of drug-likeness (QED) is 0.708. The van der Waals surface area contributed by atoms with Gasteiger partial charge in [0.1, 0.15) is 0 Å². The fourth-order valence-electron chi connectivity index (χ4n) is 1.13. The highest BCUT2D eigenvalue weighted by Gasteiger charge is 1.99. The van der Waals surface area contributed by atoms with Crippen molar-refractivity contribution in [2.75, 3.05) is 13.7 Å². The molecule has 1 heterocycles. The lowest BCUT2D eigenvalue weighted by Crippen LogP contribution is -1.98. The van der Waals surface area contributed by atoms with Gasteiger partial charge in [0.2, 0.25) is 0 Å². The first kappa shape index (κ1) is 10.2. The number of hydrogen-bond acceptors (Lipinski definition) is 2. The zero-order valence-electron chi connectivity index (χ0n) is 8.58. The highest BCUT2D eigenvalue weighted by molar-refractivity contribution is 5.17. The maximum absolute atomic E-state index is 4.98. The minimum absolute atomic E-state index is 0.559. The van der Waals surface area contributed by atoms with Gasteiger partial charge in [-0.2, -0.15) is 0 Å². The van der Waals surface area contributed by atoms with Crippen molar-refractivity contribution in [3.05, 3.63) is 29.6 Å². The zero-order valence-corrected chi connectivity index (χ0v) is 8.58. The first-order chi connectivity index (χ1) is 6.24. The van der Waals surface area contributed by atoms with Gasteiger partial charge in [0, 0.05) is 25.4 Å². The Hall–Kier alpha value is -0.890. The van der Waals surface area contributed by atoms with E-state index in [1.54, 1.807) is 7.11 Å². The number of hydrogen-bond donors (Lipinski definition) is 0.